The predicted octanol–water partition coefficient (Wildman–Crippen LogP) is 1.44. The molecule has 2 unspecified atom stereocenters. The number of hydrogen-bond donors (Lipinski definition) is 7. The number of fused-ring (bicyclic) bond motifs is 1. The molecule has 8 nitrogen and oxygen atoms in total. The number of aromatic hydroxyl groups is 4. The lowest BCUT2D eigenvalue weighted by Gasteiger charge is -2.30. The van der Waals surface area contributed by atoms with Gasteiger partial charge in [-0.25, -0.2) is 0 Å². The van der Waals surface area contributed by atoms with Gasteiger partial charge in [0.1, 0.15) is 22.7 Å². The second-order valence-corrected chi connectivity index (χ2v) is 5.42. The molecule has 2 aromatic carbocycles. The molecule has 1 aliphatic heterocycles. The number of aliphatic hydroxyl groups excluding tert-OH is 1. The number of aliphatic hydroxyl groups is 1. The van der Waals surface area contributed by atoms with Crippen LogP contribution in [-0.4, -0.2) is 37.4 Å². The molecule has 0 radical (unpaired) electrons. The zero-order chi connectivity index (χ0) is 17.6. The standard InChI is InChI=1S/C15H13NO7S/c17-6-2-1-5(3-7(6)18)15-14(22)13(21)10-9(23-15)4-8(19)11(16-24)12(10)20/h1-4,14-20,22,24H. The van der Waals surface area contributed by atoms with E-state index in [9.17, 15) is 30.3 Å². The van der Waals surface area contributed by atoms with Crippen molar-refractivity contribution in [1.29, 1.82) is 0 Å². The third kappa shape index (κ3) is 2.34. The SMILES string of the molecule is O=C1c2c(cc(O)c(NS)c2O)OC(c2ccc(O)c(O)c2)C1O. The maximum Gasteiger partial charge on any atom is 0.203 e. The minimum Gasteiger partial charge on any atom is -0.505 e. The molecule has 3 rings (SSSR count). The minimum absolute atomic E-state index is 0.134. The Morgan fingerprint density at radius 3 is 2.38 bits per heavy atom. The van der Waals surface area contributed by atoms with Crippen molar-refractivity contribution in [3.05, 3.63) is 35.4 Å². The van der Waals surface area contributed by atoms with Gasteiger partial charge in [0, 0.05) is 6.07 Å². The first kappa shape index (κ1) is 16.1. The Hall–Kier alpha value is -2.78. The van der Waals surface area contributed by atoms with E-state index < -0.39 is 35.2 Å². The molecule has 9 heteroatoms. The topological polar surface area (TPSA) is 139 Å². The highest BCUT2D eigenvalue weighted by atomic mass is 32.1. The van der Waals surface area contributed by atoms with Gasteiger partial charge in [-0.1, -0.05) is 18.9 Å². The van der Waals surface area contributed by atoms with Gasteiger partial charge in [-0.15, -0.1) is 0 Å². The molecule has 0 saturated carbocycles. The maximum absolute atomic E-state index is 12.4. The summed E-state index contributed by atoms with van der Waals surface area (Å²) in [5.74, 6) is -2.77. The predicted molar refractivity (Wildman–Crippen MR) is 85.9 cm³/mol. The molecule has 0 aromatic heterocycles. The number of nitrogens with one attached hydrogen (secondary N) is 1. The Morgan fingerprint density at radius 1 is 1.04 bits per heavy atom. The molecule has 0 fully saturated rings. The molecule has 0 spiro atoms. The zero-order valence-electron chi connectivity index (χ0n) is 12.0. The van der Waals surface area contributed by atoms with Crippen LogP contribution in [0.4, 0.5) is 5.69 Å². The van der Waals surface area contributed by atoms with E-state index in [0.717, 1.165) is 12.1 Å². The Kier molecular flexibility index (Phi) is 3.82. The molecule has 0 saturated heterocycles. The number of ether oxygens (including phenoxy) is 1. The maximum atomic E-state index is 12.4. The van der Waals surface area contributed by atoms with Gasteiger partial charge in [-0.05, 0) is 17.7 Å². The molecular weight excluding hydrogens is 338 g/mol. The van der Waals surface area contributed by atoms with Crippen LogP contribution in [0.3, 0.4) is 0 Å². The number of anilines is 1. The van der Waals surface area contributed by atoms with Crippen LogP contribution in [0.1, 0.15) is 22.0 Å². The van der Waals surface area contributed by atoms with Crippen molar-refractivity contribution in [1.82, 2.24) is 0 Å². The normalized spacial score (nSPS) is 19.5. The van der Waals surface area contributed by atoms with Crippen LogP contribution in [-0.2, 0) is 0 Å². The molecule has 2 aromatic rings. The number of carbonyl (C=O) groups excluding carboxylic acids is 1. The number of benzene rings is 2. The van der Waals surface area contributed by atoms with E-state index in [0.29, 0.717) is 0 Å². The van der Waals surface area contributed by atoms with Crippen molar-refractivity contribution in [2.45, 2.75) is 12.2 Å². The van der Waals surface area contributed by atoms with Crippen molar-refractivity contribution >= 4 is 24.3 Å². The fourth-order valence-electron chi connectivity index (χ4n) is 2.53. The number of rotatable bonds is 2. The molecule has 1 heterocycles. The van der Waals surface area contributed by atoms with Crippen molar-refractivity contribution in [2.75, 3.05) is 4.72 Å². The number of hydrogen-bond acceptors (Lipinski definition) is 9. The lowest BCUT2D eigenvalue weighted by atomic mass is 9.92. The van der Waals surface area contributed by atoms with Crippen LogP contribution < -0.4 is 9.46 Å². The first-order valence-electron chi connectivity index (χ1n) is 6.75. The summed E-state index contributed by atoms with van der Waals surface area (Å²) in [7, 11) is 0. The van der Waals surface area contributed by atoms with Gasteiger partial charge >= 0.3 is 0 Å². The van der Waals surface area contributed by atoms with Crippen LogP contribution in [0.2, 0.25) is 0 Å². The Morgan fingerprint density at radius 2 is 1.75 bits per heavy atom. The summed E-state index contributed by atoms with van der Waals surface area (Å²) < 4.78 is 7.77. The third-order valence-corrected chi connectivity index (χ3v) is 3.96. The van der Waals surface area contributed by atoms with Crippen molar-refractivity contribution in [3.8, 4) is 28.7 Å². The van der Waals surface area contributed by atoms with E-state index in [4.69, 9.17) is 4.74 Å². The summed E-state index contributed by atoms with van der Waals surface area (Å²) in [5, 5.41) is 49.1. The molecule has 0 aliphatic carbocycles. The summed E-state index contributed by atoms with van der Waals surface area (Å²) >= 11 is 3.73. The summed E-state index contributed by atoms with van der Waals surface area (Å²) in [4.78, 5) is 12.4. The highest BCUT2D eigenvalue weighted by Crippen LogP contribution is 2.47. The quantitative estimate of drug-likeness (QED) is 0.319. The number of thiol groups is 1. The Labute approximate surface area is 141 Å². The van der Waals surface area contributed by atoms with Gasteiger partial charge in [-0.2, -0.15) is 0 Å². The Bertz CT molecular complexity index is 839. The van der Waals surface area contributed by atoms with Gasteiger partial charge in [0.05, 0.1) is 0 Å². The van der Waals surface area contributed by atoms with E-state index >= 15 is 0 Å². The van der Waals surface area contributed by atoms with Crippen LogP contribution in [0, 0.1) is 0 Å². The molecule has 24 heavy (non-hydrogen) atoms. The van der Waals surface area contributed by atoms with Crippen LogP contribution in [0.15, 0.2) is 24.3 Å². The van der Waals surface area contributed by atoms with Crippen LogP contribution in [0.5, 0.6) is 28.7 Å². The van der Waals surface area contributed by atoms with Crippen LogP contribution in [0.25, 0.3) is 0 Å². The smallest absolute Gasteiger partial charge is 0.203 e. The summed E-state index contributed by atoms with van der Waals surface area (Å²) in [6, 6.07) is 4.80. The van der Waals surface area contributed by atoms with Crippen LogP contribution >= 0.6 is 12.8 Å². The lowest BCUT2D eigenvalue weighted by Crippen LogP contribution is -2.36. The fourth-order valence-corrected chi connectivity index (χ4v) is 2.75. The molecule has 0 amide bonds. The first-order valence-corrected chi connectivity index (χ1v) is 7.19. The largest absolute Gasteiger partial charge is 0.505 e. The lowest BCUT2D eigenvalue weighted by molar-refractivity contribution is 0.0210. The van der Waals surface area contributed by atoms with Gasteiger partial charge in [0.25, 0.3) is 0 Å². The zero-order valence-corrected chi connectivity index (χ0v) is 12.9. The van der Waals surface area contributed by atoms with Gasteiger partial charge in [0.15, 0.2) is 29.5 Å². The number of phenolic OH excluding ortho intramolecular Hbond substituents is 4. The second-order valence-electron chi connectivity index (χ2n) is 5.20. The number of ketones is 1. The van der Waals surface area contributed by atoms with E-state index in [-0.39, 0.29) is 28.3 Å². The highest BCUT2D eigenvalue weighted by Gasteiger charge is 2.40. The number of carbonyl (C=O) groups is 1. The third-order valence-electron chi connectivity index (χ3n) is 3.74. The average Bonchev–Trinajstić information content (AvgIpc) is 2.53. The fraction of sp³-hybridized carbons (Fsp3) is 0.133. The van der Waals surface area contributed by atoms with Gasteiger partial charge in [-0.3, -0.25) is 4.79 Å². The molecule has 6 N–H and O–H groups in total. The van der Waals surface area contributed by atoms with E-state index in [1.165, 1.54) is 12.1 Å². The van der Waals surface area contributed by atoms with E-state index in [2.05, 4.69) is 17.5 Å². The molecule has 1 aliphatic rings. The Balaban J connectivity index is 2.11. The van der Waals surface area contributed by atoms with Gasteiger partial charge < -0.3 is 35.0 Å². The molecule has 2 atom stereocenters. The molecule has 126 valence electrons. The number of Topliss-reactive ketones (excluding diaryl/α,β-unsaturated/α-hetero) is 1. The van der Waals surface area contributed by atoms with Crippen molar-refractivity contribution < 1.29 is 35.1 Å². The van der Waals surface area contributed by atoms with E-state index in [1.54, 1.807) is 0 Å². The first-order chi connectivity index (χ1) is 11.3. The summed E-state index contributed by atoms with van der Waals surface area (Å²) in [6.45, 7) is 0. The van der Waals surface area contributed by atoms with E-state index in [1.807, 2.05) is 0 Å². The number of phenols is 4. The van der Waals surface area contributed by atoms with Crippen molar-refractivity contribution in [2.24, 2.45) is 0 Å². The van der Waals surface area contributed by atoms with Crippen molar-refractivity contribution in [3.63, 3.8) is 0 Å². The average molecular weight is 351 g/mol. The second kappa shape index (κ2) is 5.69. The minimum atomic E-state index is -1.66. The van der Waals surface area contributed by atoms with Gasteiger partial charge in [0.2, 0.25) is 5.78 Å². The molecule has 0 bridgehead atoms. The highest BCUT2D eigenvalue weighted by molar-refractivity contribution is 7.81. The summed E-state index contributed by atoms with van der Waals surface area (Å²) in [5.41, 5.74) is -0.259. The summed E-state index contributed by atoms with van der Waals surface area (Å²) in [6.07, 6.45) is -2.85. The monoisotopic (exact) mass is 351 g/mol. The molecular formula is C15H13NO7S.